The topological polar surface area (TPSA) is 78.9 Å². The molecule has 1 unspecified atom stereocenters. The molecule has 0 N–H and O–H groups in total. The largest absolute Gasteiger partial charge is 0.462 e. The first-order chi connectivity index (χ1) is 31.0. The fourth-order valence-corrected chi connectivity index (χ4v) is 7.55. The van der Waals surface area contributed by atoms with Crippen molar-refractivity contribution in [3.63, 3.8) is 0 Å². The van der Waals surface area contributed by atoms with Gasteiger partial charge in [-0.3, -0.25) is 14.4 Å². The summed E-state index contributed by atoms with van der Waals surface area (Å²) in [5, 5.41) is 0. The van der Waals surface area contributed by atoms with E-state index in [0.29, 0.717) is 19.3 Å². The van der Waals surface area contributed by atoms with Crippen molar-refractivity contribution in [1.82, 2.24) is 0 Å². The summed E-state index contributed by atoms with van der Waals surface area (Å²) in [5.74, 6) is -0.897. The minimum atomic E-state index is -0.783. The molecule has 0 saturated carbocycles. The summed E-state index contributed by atoms with van der Waals surface area (Å²) in [6.07, 6.45) is 63.4. The molecule has 0 fully saturated rings. The molecule has 0 aliphatic carbocycles. The third-order valence-electron chi connectivity index (χ3n) is 11.6. The minimum Gasteiger partial charge on any atom is -0.462 e. The quantitative estimate of drug-likeness (QED) is 0.0262. The highest BCUT2D eigenvalue weighted by atomic mass is 16.6. The lowest BCUT2D eigenvalue weighted by Gasteiger charge is -2.18. The van der Waals surface area contributed by atoms with Gasteiger partial charge in [0.25, 0.3) is 0 Å². The maximum atomic E-state index is 12.8. The van der Waals surface area contributed by atoms with Crippen LogP contribution in [-0.4, -0.2) is 37.2 Å². The Morgan fingerprint density at radius 3 is 1.00 bits per heavy atom. The van der Waals surface area contributed by atoms with Crippen LogP contribution in [0.4, 0.5) is 0 Å². The summed E-state index contributed by atoms with van der Waals surface area (Å²) in [6, 6.07) is 0. The average Bonchev–Trinajstić information content (AvgIpc) is 3.28. The first-order valence-corrected chi connectivity index (χ1v) is 26.8. The molecule has 63 heavy (non-hydrogen) atoms. The Labute approximate surface area is 390 Å². The van der Waals surface area contributed by atoms with Crippen molar-refractivity contribution in [3.8, 4) is 0 Å². The Hall–Kier alpha value is -2.89. The molecule has 6 heteroatoms. The number of carbonyl (C=O) groups is 3. The predicted molar refractivity (Wildman–Crippen MR) is 270 cm³/mol. The van der Waals surface area contributed by atoms with Gasteiger partial charge in [-0.2, -0.15) is 0 Å². The molecule has 0 bridgehead atoms. The molecule has 0 aliphatic heterocycles. The Bertz CT molecular complexity index is 1150. The standard InChI is InChI=1S/C57H100O6/c1-4-7-10-13-16-19-22-25-28-31-34-37-40-43-46-49-55(58)61-52-54(63-57(60)51-48-45-42-39-36-33-30-27-24-21-18-15-12-9-6-3)53-62-56(59)50-47-44-41-38-35-32-29-26-23-20-17-14-11-8-5-2/h7,10,13,16,18-19,21-22,24,27,54H,4-6,8-9,11-12,14-15,17,20,23,25-26,28-53H2,1-3H3/b10-7-,16-13-,21-18-,22-19-,27-24-. The zero-order valence-electron chi connectivity index (χ0n) is 41.6. The Morgan fingerprint density at radius 1 is 0.333 bits per heavy atom. The van der Waals surface area contributed by atoms with Crippen LogP contribution in [-0.2, 0) is 28.6 Å². The average molecular weight is 881 g/mol. The summed E-state index contributed by atoms with van der Waals surface area (Å²) >= 11 is 0. The number of unbranched alkanes of at least 4 members (excludes halogenated alkanes) is 30. The van der Waals surface area contributed by atoms with Crippen molar-refractivity contribution < 1.29 is 28.6 Å². The second-order valence-corrected chi connectivity index (χ2v) is 17.9. The van der Waals surface area contributed by atoms with Crippen molar-refractivity contribution in [2.75, 3.05) is 13.2 Å². The van der Waals surface area contributed by atoms with Crippen LogP contribution in [0.2, 0.25) is 0 Å². The molecular formula is C57H100O6. The summed E-state index contributed by atoms with van der Waals surface area (Å²) < 4.78 is 16.8. The van der Waals surface area contributed by atoms with Crippen LogP contribution >= 0.6 is 0 Å². The molecule has 0 radical (unpaired) electrons. The summed E-state index contributed by atoms with van der Waals surface area (Å²) in [5.41, 5.74) is 0. The van der Waals surface area contributed by atoms with Crippen LogP contribution in [0.3, 0.4) is 0 Å². The first kappa shape index (κ1) is 60.1. The third kappa shape index (κ3) is 50.0. The van der Waals surface area contributed by atoms with Gasteiger partial charge in [0.05, 0.1) is 0 Å². The number of carbonyl (C=O) groups excluding carboxylic acids is 3. The van der Waals surface area contributed by atoms with Crippen molar-refractivity contribution in [1.29, 1.82) is 0 Å². The van der Waals surface area contributed by atoms with Gasteiger partial charge < -0.3 is 14.2 Å². The van der Waals surface area contributed by atoms with E-state index in [-0.39, 0.29) is 31.1 Å². The predicted octanol–water partition coefficient (Wildman–Crippen LogP) is 17.6. The SMILES string of the molecule is CC\C=C/C=C\C=C/CCCCCCCCCC(=O)OCC(COC(=O)CCCCCCCCCCCCCCCCC)OC(=O)CCCCCCCC/C=C\C=C/CCCCC. The Balaban J connectivity index is 4.40. The van der Waals surface area contributed by atoms with Gasteiger partial charge in [-0.05, 0) is 64.2 Å². The smallest absolute Gasteiger partial charge is 0.306 e. The van der Waals surface area contributed by atoms with Crippen LogP contribution in [0.1, 0.15) is 265 Å². The third-order valence-corrected chi connectivity index (χ3v) is 11.6. The number of ether oxygens (including phenoxy) is 3. The lowest BCUT2D eigenvalue weighted by Crippen LogP contribution is -2.30. The molecule has 0 aliphatic rings. The van der Waals surface area contributed by atoms with Gasteiger partial charge in [-0.25, -0.2) is 0 Å². The molecule has 0 heterocycles. The number of esters is 3. The van der Waals surface area contributed by atoms with Crippen LogP contribution < -0.4 is 0 Å². The molecule has 0 aromatic heterocycles. The lowest BCUT2D eigenvalue weighted by molar-refractivity contribution is -0.167. The highest BCUT2D eigenvalue weighted by molar-refractivity contribution is 5.71. The maximum Gasteiger partial charge on any atom is 0.306 e. The van der Waals surface area contributed by atoms with E-state index in [2.05, 4.69) is 81.5 Å². The molecule has 1 atom stereocenters. The molecule has 6 nitrogen and oxygen atoms in total. The van der Waals surface area contributed by atoms with Crippen molar-refractivity contribution >= 4 is 17.9 Å². The van der Waals surface area contributed by atoms with Crippen molar-refractivity contribution in [2.24, 2.45) is 0 Å². The van der Waals surface area contributed by atoms with Gasteiger partial charge in [-0.1, -0.05) is 242 Å². The number of hydrogen-bond acceptors (Lipinski definition) is 6. The van der Waals surface area contributed by atoms with Gasteiger partial charge in [0.2, 0.25) is 0 Å². The summed E-state index contributed by atoms with van der Waals surface area (Å²) in [7, 11) is 0. The normalized spacial score (nSPS) is 12.5. The summed E-state index contributed by atoms with van der Waals surface area (Å²) in [6.45, 7) is 6.48. The number of rotatable bonds is 48. The number of allylic oxidation sites excluding steroid dienone is 10. The molecule has 0 aromatic rings. The van der Waals surface area contributed by atoms with Crippen molar-refractivity contribution in [3.05, 3.63) is 60.8 Å². The molecule has 0 spiro atoms. The van der Waals surface area contributed by atoms with E-state index in [0.717, 1.165) is 83.5 Å². The monoisotopic (exact) mass is 881 g/mol. The van der Waals surface area contributed by atoms with Crippen molar-refractivity contribution in [2.45, 2.75) is 271 Å². The van der Waals surface area contributed by atoms with Crippen LogP contribution in [0.5, 0.6) is 0 Å². The summed E-state index contributed by atoms with van der Waals surface area (Å²) in [4.78, 5) is 38.0. The van der Waals surface area contributed by atoms with Gasteiger partial charge in [-0.15, -0.1) is 0 Å². The van der Waals surface area contributed by atoms with E-state index in [4.69, 9.17) is 14.2 Å². The fourth-order valence-electron chi connectivity index (χ4n) is 7.55. The van der Waals surface area contributed by atoms with E-state index in [1.165, 1.54) is 141 Å². The van der Waals surface area contributed by atoms with E-state index >= 15 is 0 Å². The van der Waals surface area contributed by atoms with E-state index in [9.17, 15) is 14.4 Å². The van der Waals surface area contributed by atoms with E-state index in [1.807, 2.05) is 0 Å². The molecule has 0 amide bonds. The highest BCUT2D eigenvalue weighted by Crippen LogP contribution is 2.16. The first-order valence-electron chi connectivity index (χ1n) is 26.8. The molecule has 0 rings (SSSR count). The maximum absolute atomic E-state index is 12.8. The fraction of sp³-hybridized carbons (Fsp3) is 0.772. The van der Waals surface area contributed by atoms with Crippen LogP contribution in [0.15, 0.2) is 60.8 Å². The van der Waals surface area contributed by atoms with Gasteiger partial charge in [0.15, 0.2) is 6.10 Å². The zero-order chi connectivity index (χ0) is 45.8. The van der Waals surface area contributed by atoms with Crippen LogP contribution in [0, 0.1) is 0 Å². The Kier molecular flexibility index (Phi) is 49.4. The Morgan fingerprint density at radius 2 is 0.619 bits per heavy atom. The molecule has 0 saturated heterocycles. The van der Waals surface area contributed by atoms with Gasteiger partial charge in [0, 0.05) is 19.3 Å². The molecule has 0 aromatic carbocycles. The second kappa shape index (κ2) is 51.7. The van der Waals surface area contributed by atoms with Gasteiger partial charge >= 0.3 is 17.9 Å². The van der Waals surface area contributed by atoms with E-state index in [1.54, 1.807) is 0 Å². The van der Waals surface area contributed by atoms with E-state index < -0.39 is 6.10 Å². The molecular weight excluding hydrogens is 781 g/mol. The zero-order valence-corrected chi connectivity index (χ0v) is 41.6. The second-order valence-electron chi connectivity index (χ2n) is 17.9. The molecule has 364 valence electrons. The van der Waals surface area contributed by atoms with Crippen LogP contribution in [0.25, 0.3) is 0 Å². The highest BCUT2D eigenvalue weighted by Gasteiger charge is 2.19. The lowest BCUT2D eigenvalue weighted by atomic mass is 10.0. The van der Waals surface area contributed by atoms with Gasteiger partial charge in [0.1, 0.15) is 13.2 Å². The number of hydrogen-bond donors (Lipinski definition) is 0. The minimum absolute atomic E-state index is 0.0809.